The standard InChI is InChI=1S/C23H26N2O4/c1-2-17-8-10-20(11-9-17)25-15-19(14-22(25)27)23(28)29-16-21(26)24-13-12-18-6-4-3-5-7-18/h3-11,19H,2,12-16H2,1H3,(H,24,26). The van der Waals surface area contributed by atoms with Crippen LogP contribution in [-0.4, -0.2) is 37.5 Å². The molecule has 1 N–H and O–H groups in total. The molecule has 0 aromatic heterocycles. The number of amides is 2. The maximum Gasteiger partial charge on any atom is 0.311 e. The van der Waals surface area contributed by atoms with E-state index in [2.05, 4.69) is 12.2 Å². The fourth-order valence-electron chi connectivity index (χ4n) is 3.32. The minimum absolute atomic E-state index is 0.101. The van der Waals surface area contributed by atoms with Gasteiger partial charge < -0.3 is 15.0 Å². The zero-order valence-corrected chi connectivity index (χ0v) is 16.6. The molecule has 0 radical (unpaired) electrons. The monoisotopic (exact) mass is 394 g/mol. The van der Waals surface area contributed by atoms with Crippen LogP contribution in [-0.2, 0) is 32.0 Å². The Morgan fingerprint density at radius 3 is 2.48 bits per heavy atom. The van der Waals surface area contributed by atoms with E-state index in [1.165, 1.54) is 5.56 Å². The molecule has 1 fully saturated rings. The van der Waals surface area contributed by atoms with Gasteiger partial charge in [-0.3, -0.25) is 14.4 Å². The molecule has 0 bridgehead atoms. The third-order valence-electron chi connectivity index (χ3n) is 5.04. The maximum atomic E-state index is 12.3. The number of rotatable bonds is 8. The Labute approximate surface area is 170 Å². The zero-order valence-electron chi connectivity index (χ0n) is 16.6. The number of hydrogen-bond acceptors (Lipinski definition) is 4. The topological polar surface area (TPSA) is 75.7 Å². The average molecular weight is 394 g/mol. The van der Waals surface area contributed by atoms with Gasteiger partial charge in [0.25, 0.3) is 5.91 Å². The third-order valence-corrected chi connectivity index (χ3v) is 5.04. The molecule has 1 heterocycles. The largest absolute Gasteiger partial charge is 0.455 e. The van der Waals surface area contributed by atoms with Gasteiger partial charge in [0, 0.05) is 25.2 Å². The van der Waals surface area contributed by atoms with E-state index in [1.807, 2.05) is 54.6 Å². The van der Waals surface area contributed by atoms with Crippen LogP contribution in [0.15, 0.2) is 54.6 Å². The van der Waals surface area contributed by atoms with Crippen molar-refractivity contribution in [2.45, 2.75) is 26.2 Å². The highest BCUT2D eigenvalue weighted by atomic mass is 16.5. The van der Waals surface area contributed by atoms with E-state index in [1.54, 1.807) is 4.90 Å². The molecule has 2 amide bonds. The summed E-state index contributed by atoms with van der Waals surface area (Å²) in [7, 11) is 0. The fraction of sp³-hybridized carbons (Fsp3) is 0.348. The molecule has 0 saturated carbocycles. The number of benzene rings is 2. The van der Waals surface area contributed by atoms with E-state index >= 15 is 0 Å². The van der Waals surface area contributed by atoms with Crippen LogP contribution >= 0.6 is 0 Å². The van der Waals surface area contributed by atoms with E-state index in [9.17, 15) is 14.4 Å². The Morgan fingerprint density at radius 1 is 1.07 bits per heavy atom. The summed E-state index contributed by atoms with van der Waals surface area (Å²) < 4.78 is 5.13. The first-order valence-corrected chi connectivity index (χ1v) is 9.93. The molecule has 3 rings (SSSR count). The molecule has 0 aliphatic carbocycles. The van der Waals surface area contributed by atoms with E-state index in [0.717, 1.165) is 17.7 Å². The molecule has 2 aromatic carbocycles. The Balaban J connectivity index is 1.42. The van der Waals surface area contributed by atoms with Gasteiger partial charge in [0.05, 0.1) is 5.92 Å². The highest BCUT2D eigenvalue weighted by Gasteiger charge is 2.36. The van der Waals surface area contributed by atoms with E-state index in [0.29, 0.717) is 13.0 Å². The molecule has 152 valence electrons. The van der Waals surface area contributed by atoms with Crippen molar-refractivity contribution >= 4 is 23.5 Å². The van der Waals surface area contributed by atoms with Crippen LogP contribution in [0.2, 0.25) is 0 Å². The number of nitrogens with zero attached hydrogens (tertiary/aromatic N) is 1. The van der Waals surface area contributed by atoms with Crippen molar-refractivity contribution in [1.29, 1.82) is 0 Å². The lowest BCUT2D eigenvalue weighted by atomic mass is 10.1. The van der Waals surface area contributed by atoms with Crippen LogP contribution in [0.1, 0.15) is 24.5 Å². The van der Waals surface area contributed by atoms with Gasteiger partial charge in [-0.05, 0) is 36.1 Å². The van der Waals surface area contributed by atoms with Crippen molar-refractivity contribution < 1.29 is 19.1 Å². The van der Waals surface area contributed by atoms with Gasteiger partial charge in [-0.2, -0.15) is 0 Å². The van der Waals surface area contributed by atoms with Gasteiger partial charge in [0.15, 0.2) is 6.61 Å². The van der Waals surface area contributed by atoms with E-state index in [4.69, 9.17) is 4.74 Å². The molecule has 1 atom stereocenters. The van der Waals surface area contributed by atoms with Gasteiger partial charge in [-0.15, -0.1) is 0 Å². The van der Waals surface area contributed by atoms with Crippen molar-refractivity contribution in [3.05, 3.63) is 65.7 Å². The van der Waals surface area contributed by atoms with Crippen molar-refractivity contribution in [3.8, 4) is 0 Å². The minimum Gasteiger partial charge on any atom is -0.455 e. The first kappa shape index (κ1) is 20.6. The molecule has 1 unspecified atom stereocenters. The van der Waals surface area contributed by atoms with Gasteiger partial charge in [0.1, 0.15) is 0 Å². The Hall–Kier alpha value is -3.15. The van der Waals surface area contributed by atoms with Crippen molar-refractivity contribution in [2.24, 2.45) is 5.92 Å². The Bertz CT molecular complexity index is 849. The summed E-state index contributed by atoms with van der Waals surface area (Å²) >= 11 is 0. The van der Waals surface area contributed by atoms with Crippen LogP contribution in [0.3, 0.4) is 0 Å². The molecule has 2 aromatic rings. The van der Waals surface area contributed by atoms with Crippen LogP contribution in [0, 0.1) is 5.92 Å². The Morgan fingerprint density at radius 2 is 1.79 bits per heavy atom. The van der Waals surface area contributed by atoms with Crippen LogP contribution in [0.25, 0.3) is 0 Å². The summed E-state index contributed by atoms with van der Waals surface area (Å²) in [6.07, 6.45) is 1.74. The average Bonchev–Trinajstić information content (AvgIpc) is 3.14. The zero-order chi connectivity index (χ0) is 20.6. The van der Waals surface area contributed by atoms with Crippen LogP contribution in [0.4, 0.5) is 5.69 Å². The molecule has 1 aliphatic rings. The molecule has 1 aliphatic heterocycles. The lowest BCUT2D eigenvalue weighted by molar-refractivity contribution is -0.152. The van der Waals surface area contributed by atoms with Gasteiger partial charge in [-0.25, -0.2) is 0 Å². The quantitative estimate of drug-likeness (QED) is 0.698. The number of aryl methyl sites for hydroxylation is 1. The number of carbonyl (C=O) groups excluding carboxylic acids is 3. The van der Waals surface area contributed by atoms with Gasteiger partial charge >= 0.3 is 5.97 Å². The second-order valence-corrected chi connectivity index (χ2v) is 7.12. The highest BCUT2D eigenvalue weighted by Crippen LogP contribution is 2.26. The lowest BCUT2D eigenvalue weighted by Crippen LogP contribution is -2.32. The first-order valence-electron chi connectivity index (χ1n) is 9.93. The molecular weight excluding hydrogens is 368 g/mol. The number of carbonyl (C=O) groups is 3. The minimum atomic E-state index is -0.550. The van der Waals surface area contributed by atoms with Crippen LogP contribution < -0.4 is 10.2 Å². The predicted molar refractivity (Wildman–Crippen MR) is 110 cm³/mol. The number of ether oxygens (including phenoxy) is 1. The number of esters is 1. The molecule has 6 nitrogen and oxygen atoms in total. The smallest absolute Gasteiger partial charge is 0.311 e. The number of hydrogen-bond donors (Lipinski definition) is 1. The third kappa shape index (κ3) is 5.67. The van der Waals surface area contributed by atoms with E-state index < -0.39 is 11.9 Å². The number of nitrogens with one attached hydrogen (secondary N) is 1. The van der Waals surface area contributed by atoms with Gasteiger partial charge in [-0.1, -0.05) is 49.4 Å². The summed E-state index contributed by atoms with van der Waals surface area (Å²) in [6.45, 7) is 2.49. The van der Waals surface area contributed by atoms with Crippen molar-refractivity contribution in [1.82, 2.24) is 5.32 Å². The summed E-state index contributed by atoms with van der Waals surface area (Å²) in [4.78, 5) is 38.1. The Kier molecular flexibility index (Phi) is 7.00. The summed E-state index contributed by atoms with van der Waals surface area (Å²) in [5.41, 5.74) is 3.09. The summed E-state index contributed by atoms with van der Waals surface area (Å²) in [5.74, 6) is -1.51. The second kappa shape index (κ2) is 9.87. The second-order valence-electron chi connectivity index (χ2n) is 7.12. The van der Waals surface area contributed by atoms with E-state index in [-0.39, 0.29) is 31.4 Å². The lowest BCUT2D eigenvalue weighted by Gasteiger charge is -2.17. The summed E-state index contributed by atoms with van der Waals surface area (Å²) in [6, 6.07) is 17.6. The summed E-state index contributed by atoms with van der Waals surface area (Å²) in [5, 5.41) is 2.74. The predicted octanol–water partition coefficient (Wildman–Crippen LogP) is 2.50. The normalized spacial score (nSPS) is 16.0. The van der Waals surface area contributed by atoms with Crippen molar-refractivity contribution in [3.63, 3.8) is 0 Å². The van der Waals surface area contributed by atoms with Crippen molar-refractivity contribution in [2.75, 3.05) is 24.6 Å². The van der Waals surface area contributed by atoms with Crippen LogP contribution in [0.5, 0.6) is 0 Å². The maximum absolute atomic E-state index is 12.3. The molecular formula is C23H26N2O4. The molecule has 0 spiro atoms. The molecule has 29 heavy (non-hydrogen) atoms. The molecule has 1 saturated heterocycles. The SMILES string of the molecule is CCc1ccc(N2CC(C(=O)OCC(=O)NCCc3ccccc3)CC2=O)cc1. The molecule has 6 heteroatoms. The van der Waals surface area contributed by atoms with Gasteiger partial charge in [0.2, 0.25) is 5.91 Å². The fourth-order valence-corrected chi connectivity index (χ4v) is 3.32. The number of anilines is 1. The highest BCUT2D eigenvalue weighted by molar-refractivity contribution is 5.99. The first-order chi connectivity index (χ1) is 14.1.